The van der Waals surface area contributed by atoms with Gasteiger partial charge in [0, 0.05) is 31.1 Å². The lowest BCUT2D eigenvalue weighted by molar-refractivity contribution is -0.0169. The number of aromatic nitrogens is 1. The van der Waals surface area contributed by atoms with E-state index in [2.05, 4.69) is 29.2 Å². The Labute approximate surface area is 138 Å². The van der Waals surface area contributed by atoms with Crippen LogP contribution in [0.15, 0.2) is 4.52 Å². The summed E-state index contributed by atoms with van der Waals surface area (Å²) in [7, 11) is 0. The highest BCUT2D eigenvalue weighted by molar-refractivity contribution is 5.96. The number of morpholine rings is 1. The van der Waals surface area contributed by atoms with E-state index in [9.17, 15) is 4.79 Å². The molecule has 1 aliphatic rings. The molecule has 0 unspecified atom stereocenters. The van der Waals surface area contributed by atoms with Crippen molar-refractivity contribution < 1.29 is 14.1 Å². The first-order chi connectivity index (χ1) is 10.9. The second-order valence-corrected chi connectivity index (χ2v) is 6.79. The molecule has 23 heavy (non-hydrogen) atoms. The van der Waals surface area contributed by atoms with Crippen LogP contribution in [0.5, 0.6) is 0 Å². The maximum absolute atomic E-state index is 12.6. The first-order valence-corrected chi connectivity index (χ1v) is 8.46. The van der Waals surface area contributed by atoms with Crippen LogP contribution in [0, 0.1) is 6.92 Å². The summed E-state index contributed by atoms with van der Waals surface area (Å²) in [6.07, 6.45) is 0.965. The van der Waals surface area contributed by atoms with Crippen molar-refractivity contribution in [1.29, 1.82) is 0 Å². The van der Waals surface area contributed by atoms with E-state index in [-0.39, 0.29) is 17.4 Å². The lowest BCUT2D eigenvalue weighted by Crippen LogP contribution is -2.56. The lowest BCUT2D eigenvalue weighted by Gasteiger charge is -2.43. The number of nitrogens with zero attached hydrogens (tertiary/aromatic N) is 2. The number of aryl methyl sites for hydroxylation is 1. The molecule has 1 aromatic rings. The van der Waals surface area contributed by atoms with E-state index >= 15 is 0 Å². The largest absolute Gasteiger partial charge is 0.379 e. The fraction of sp³-hybridized carbons (Fsp3) is 0.765. The fourth-order valence-corrected chi connectivity index (χ4v) is 2.98. The van der Waals surface area contributed by atoms with Gasteiger partial charge >= 0.3 is 0 Å². The first-order valence-electron chi connectivity index (χ1n) is 8.46. The van der Waals surface area contributed by atoms with Gasteiger partial charge in [-0.05, 0) is 20.3 Å². The third kappa shape index (κ3) is 3.93. The van der Waals surface area contributed by atoms with Crippen LogP contribution in [-0.4, -0.2) is 54.4 Å². The molecular formula is C17H29N3O3. The smallest absolute Gasteiger partial charge is 0.256 e. The average molecular weight is 323 g/mol. The molecule has 0 saturated carbocycles. The molecule has 2 heterocycles. The van der Waals surface area contributed by atoms with E-state index in [1.165, 1.54) is 0 Å². The van der Waals surface area contributed by atoms with E-state index in [1.807, 2.05) is 20.8 Å². The molecule has 1 aromatic heterocycles. The van der Waals surface area contributed by atoms with Crippen LogP contribution in [-0.2, 0) is 4.74 Å². The van der Waals surface area contributed by atoms with Crippen LogP contribution in [0.4, 0.5) is 0 Å². The number of carbonyl (C=O) groups excluding carboxylic acids is 1. The molecule has 0 aliphatic carbocycles. The van der Waals surface area contributed by atoms with Crippen molar-refractivity contribution >= 4 is 5.91 Å². The van der Waals surface area contributed by atoms with Gasteiger partial charge < -0.3 is 14.6 Å². The van der Waals surface area contributed by atoms with Gasteiger partial charge in [0.2, 0.25) is 0 Å². The summed E-state index contributed by atoms with van der Waals surface area (Å²) in [5.74, 6) is 0.693. The SMILES string of the molecule is CC[C@](C)(CNC(=O)c1c(C)noc1C(C)C)N1CCOCC1. The van der Waals surface area contributed by atoms with Crippen LogP contribution in [0.1, 0.15) is 61.8 Å². The highest BCUT2D eigenvalue weighted by Crippen LogP contribution is 2.23. The van der Waals surface area contributed by atoms with Crippen LogP contribution in [0.3, 0.4) is 0 Å². The average Bonchev–Trinajstić information content (AvgIpc) is 2.95. The maximum atomic E-state index is 12.6. The molecule has 0 radical (unpaired) electrons. The van der Waals surface area contributed by atoms with Crippen LogP contribution >= 0.6 is 0 Å². The predicted molar refractivity (Wildman–Crippen MR) is 88.8 cm³/mol. The summed E-state index contributed by atoms with van der Waals surface area (Å²) in [6.45, 7) is 14.1. The Morgan fingerprint density at radius 3 is 2.61 bits per heavy atom. The minimum absolute atomic E-state index is 0.0670. The normalized spacial score (nSPS) is 18.9. The summed E-state index contributed by atoms with van der Waals surface area (Å²) in [5, 5.41) is 7.04. The first kappa shape index (κ1) is 17.9. The summed E-state index contributed by atoms with van der Waals surface area (Å²) >= 11 is 0. The Hall–Kier alpha value is -1.40. The number of carbonyl (C=O) groups is 1. The van der Waals surface area contributed by atoms with Gasteiger partial charge in [0.15, 0.2) is 5.76 Å². The zero-order chi connectivity index (χ0) is 17.0. The lowest BCUT2D eigenvalue weighted by atomic mass is 9.95. The Bertz CT molecular complexity index is 535. The van der Waals surface area contributed by atoms with Gasteiger partial charge in [-0.1, -0.05) is 25.9 Å². The minimum Gasteiger partial charge on any atom is -0.379 e. The second kappa shape index (κ2) is 7.45. The van der Waals surface area contributed by atoms with Gasteiger partial charge in [-0.15, -0.1) is 0 Å². The van der Waals surface area contributed by atoms with Gasteiger partial charge in [0.1, 0.15) is 5.56 Å². The van der Waals surface area contributed by atoms with Crippen LogP contribution in [0.2, 0.25) is 0 Å². The van der Waals surface area contributed by atoms with Crippen molar-refractivity contribution in [3.63, 3.8) is 0 Å². The summed E-state index contributed by atoms with van der Waals surface area (Å²) in [6, 6.07) is 0. The van der Waals surface area contributed by atoms with E-state index in [4.69, 9.17) is 9.26 Å². The highest BCUT2D eigenvalue weighted by Gasteiger charge is 2.32. The van der Waals surface area contributed by atoms with Crippen molar-refractivity contribution in [3.8, 4) is 0 Å². The highest BCUT2D eigenvalue weighted by atomic mass is 16.5. The van der Waals surface area contributed by atoms with Crippen molar-refractivity contribution in [2.45, 2.75) is 52.5 Å². The van der Waals surface area contributed by atoms with Gasteiger partial charge in [0.05, 0.1) is 18.9 Å². The number of amides is 1. The minimum atomic E-state index is -0.0969. The van der Waals surface area contributed by atoms with Crippen molar-refractivity contribution in [2.24, 2.45) is 0 Å². The van der Waals surface area contributed by atoms with Crippen molar-refractivity contribution in [2.75, 3.05) is 32.8 Å². The van der Waals surface area contributed by atoms with E-state index in [0.29, 0.717) is 23.6 Å². The molecule has 0 aromatic carbocycles. The summed E-state index contributed by atoms with van der Waals surface area (Å²) in [5.41, 5.74) is 1.17. The molecule has 1 atom stereocenters. The van der Waals surface area contributed by atoms with Crippen LogP contribution in [0.25, 0.3) is 0 Å². The molecule has 2 rings (SSSR count). The van der Waals surface area contributed by atoms with Crippen molar-refractivity contribution in [3.05, 3.63) is 17.0 Å². The predicted octanol–water partition coefficient (Wildman–Crippen LogP) is 2.34. The molecule has 6 nitrogen and oxygen atoms in total. The summed E-state index contributed by atoms with van der Waals surface area (Å²) < 4.78 is 10.7. The number of ether oxygens (including phenoxy) is 1. The molecule has 0 spiro atoms. The third-order valence-electron chi connectivity index (χ3n) is 4.81. The number of rotatable bonds is 6. The van der Waals surface area contributed by atoms with Gasteiger partial charge in [0.25, 0.3) is 5.91 Å². The van der Waals surface area contributed by atoms with E-state index in [0.717, 1.165) is 32.7 Å². The molecule has 1 saturated heterocycles. The zero-order valence-electron chi connectivity index (χ0n) is 14.9. The Balaban J connectivity index is 2.06. The number of nitrogens with one attached hydrogen (secondary N) is 1. The Kier molecular flexibility index (Phi) is 5.81. The standard InChI is InChI=1S/C17H29N3O3/c1-6-17(5,20-7-9-22-10-8-20)11-18-16(21)14-13(4)19-23-15(14)12(2)3/h12H,6-11H2,1-5H3,(H,18,21)/t17-/m1/s1. The molecule has 1 N–H and O–H groups in total. The quantitative estimate of drug-likeness (QED) is 0.870. The van der Waals surface area contributed by atoms with E-state index < -0.39 is 0 Å². The van der Waals surface area contributed by atoms with Crippen molar-refractivity contribution in [1.82, 2.24) is 15.4 Å². The molecule has 1 aliphatic heterocycles. The number of hydrogen-bond acceptors (Lipinski definition) is 5. The molecule has 1 fully saturated rings. The third-order valence-corrected chi connectivity index (χ3v) is 4.81. The summed E-state index contributed by atoms with van der Waals surface area (Å²) in [4.78, 5) is 15.0. The molecular weight excluding hydrogens is 294 g/mol. The Morgan fingerprint density at radius 1 is 1.39 bits per heavy atom. The monoisotopic (exact) mass is 323 g/mol. The topological polar surface area (TPSA) is 67.6 Å². The van der Waals surface area contributed by atoms with Gasteiger partial charge in [-0.25, -0.2) is 0 Å². The maximum Gasteiger partial charge on any atom is 0.256 e. The molecule has 1 amide bonds. The number of hydrogen-bond donors (Lipinski definition) is 1. The van der Waals surface area contributed by atoms with Gasteiger partial charge in [-0.3, -0.25) is 9.69 Å². The molecule has 0 bridgehead atoms. The zero-order valence-corrected chi connectivity index (χ0v) is 14.9. The van der Waals surface area contributed by atoms with Gasteiger partial charge in [-0.2, -0.15) is 0 Å². The second-order valence-electron chi connectivity index (χ2n) is 6.79. The Morgan fingerprint density at radius 2 is 2.04 bits per heavy atom. The molecule has 130 valence electrons. The molecule has 6 heteroatoms. The fourth-order valence-electron chi connectivity index (χ4n) is 2.98. The van der Waals surface area contributed by atoms with Crippen LogP contribution < -0.4 is 5.32 Å². The van der Waals surface area contributed by atoms with E-state index in [1.54, 1.807) is 0 Å².